The zero-order valence-electron chi connectivity index (χ0n) is 15.4. The predicted octanol–water partition coefficient (Wildman–Crippen LogP) is 4.87. The number of carbonyl (C=O) groups excluding carboxylic acids is 1. The first-order valence-electron chi connectivity index (χ1n) is 8.89. The summed E-state index contributed by atoms with van der Waals surface area (Å²) >= 11 is 0. The Morgan fingerprint density at radius 2 is 1.89 bits per heavy atom. The van der Waals surface area contributed by atoms with Gasteiger partial charge in [-0.3, -0.25) is 4.79 Å². The smallest absolute Gasteiger partial charge is 0.228 e. The number of benzene rings is 2. The topological polar surface area (TPSA) is 45.2 Å². The van der Waals surface area contributed by atoms with Gasteiger partial charge in [-0.05, 0) is 61.4 Å². The highest BCUT2D eigenvalue weighted by atomic mass is 19.1. The molecule has 0 saturated carbocycles. The first-order valence-corrected chi connectivity index (χ1v) is 8.89. The van der Waals surface area contributed by atoms with Crippen LogP contribution in [0.4, 0.5) is 21.6 Å². The molecule has 0 aliphatic heterocycles. The minimum Gasteiger partial charge on any atom is -0.327 e. The lowest BCUT2D eigenvalue weighted by molar-refractivity contribution is -0.115. The Morgan fingerprint density at radius 3 is 2.52 bits per heavy atom. The van der Waals surface area contributed by atoms with Crippen molar-refractivity contribution in [1.29, 1.82) is 0 Å². The molecule has 0 saturated heterocycles. The van der Waals surface area contributed by atoms with Gasteiger partial charge in [-0.15, -0.1) is 0 Å². The highest BCUT2D eigenvalue weighted by molar-refractivity contribution is 5.92. The molecule has 1 N–H and O–H groups in total. The lowest BCUT2D eigenvalue weighted by Crippen LogP contribution is -2.18. The van der Waals surface area contributed by atoms with E-state index < -0.39 is 0 Å². The molecule has 0 atom stereocenters. The van der Waals surface area contributed by atoms with Crippen molar-refractivity contribution in [3.8, 4) is 0 Å². The molecule has 0 aliphatic carbocycles. The summed E-state index contributed by atoms with van der Waals surface area (Å²) in [4.78, 5) is 18.8. The van der Waals surface area contributed by atoms with E-state index in [4.69, 9.17) is 0 Å². The molecule has 1 aromatic heterocycles. The van der Waals surface area contributed by atoms with E-state index in [1.807, 2.05) is 18.2 Å². The monoisotopic (exact) mass is 363 g/mol. The second kappa shape index (κ2) is 8.45. The zero-order valence-corrected chi connectivity index (χ0v) is 15.4. The van der Waals surface area contributed by atoms with Gasteiger partial charge >= 0.3 is 0 Å². The minimum absolute atomic E-state index is 0.165. The van der Waals surface area contributed by atoms with Crippen molar-refractivity contribution < 1.29 is 9.18 Å². The van der Waals surface area contributed by atoms with E-state index in [1.165, 1.54) is 17.7 Å². The molecule has 0 aliphatic rings. The minimum atomic E-state index is -0.312. The van der Waals surface area contributed by atoms with Gasteiger partial charge in [0.1, 0.15) is 11.6 Å². The number of aryl methyl sites for hydroxylation is 1. The number of hydrogen-bond donors (Lipinski definition) is 1. The molecule has 1 amide bonds. The number of nitrogens with zero attached hydrogens (tertiary/aromatic N) is 2. The Bertz CT molecular complexity index is 908. The summed E-state index contributed by atoms with van der Waals surface area (Å²) in [6, 6.07) is 17.9. The Labute approximate surface area is 158 Å². The summed E-state index contributed by atoms with van der Waals surface area (Å²) in [5.74, 6) is 0.342. The second-order valence-electron chi connectivity index (χ2n) is 6.34. The van der Waals surface area contributed by atoms with Gasteiger partial charge in [0, 0.05) is 12.2 Å². The summed E-state index contributed by atoms with van der Waals surface area (Å²) in [5, 5.41) is 2.82. The molecule has 1 heterocycles. The number of amides is 1. The van der Waals surface area contributed by atoms with Crippen LogP contribution in [0.1, 0.15) is 18.1 Å². The maximum atomic E-state index is 12.9. The predicted molar refractivity (Wildman–Crippen MR) is 107 cm³/mol. The number of carbonyl (C=O) groups is 1. The lowest BCUT2D eigenvalue weighted by Gasteiger charge is -2.22. The Balaban J connectivity index is 1.67. The molecule has 5 heteroatoms. The molecule has 138 valence electrons. The average molecular weight is 363 g/mol. The number of hydrogen-bond acceptors (Lipinski definition) is 3. The molecule has 3 rings (SSSR count). The normalized spacial score (nSPS) is 10.5. The number of nitrogens with one attached hydrogen (secondary N) is 1. The fourth-order valence-corrected chi connectivity index (χ4v) is 2.89. The summed E-state index contributed by atoms with van der Waals surface area (Å²) in [6.07, 6.45) is 1.84. The third-order valence-corrected chi connectivity index (χ3v) is 4.22. The number of aromatic nitrogens is 1. The van der Waals surface area contributed by atoms with Gasteiger partial charge < -0.3 is 10.2 Å². The van der Waals surface area contributed by atoms with Crippen LogP contribution in [-0.2, 0) is 11.2 Å². The fraction of sp³-hybridized carbons (Fsp3) is 0.182. The van der Waals surface area contributed by atoms with Crippen LogP contribution in [0.3, 0.4) is 0 Å². The van der Waals surface area contributed by atoms with Crippen LogP contribution >= 0.6 is 0 Å². The molecule has 27 heavy (non-hydrogen) atoms. The van der Waals surface area contributed by atoms with Crippen LogP contribution < -0.4 is 10.2 Å². The highest BCUT2D eigenvalue weighted by Crippen LogP contribution is 2.24. The molecular formula is C22H22FN3O. The maximum Gasteiger partial charge on any atom is 0.228 e. The van der Waals surface area contributed by atoms with Gasteiger partial charge in [0.25, 0.3) is 0 Å². The molecule has 0 bridgehead atoms. The molecule has 0 spiro atoms. The van der Waals surface area contributed by atoms with Crippen molar-refractivity contribution in [3.63, 3.8) is 0 Å². The number of pyridine rings is 1. The summed E-state index contributed by atoms with van der Waals surface area (Å²) in [6.45, 7) is 4.92. The fourth-order valence-electron chi connectivity index (χ4n) is 2.89. The van der Waals surface area contributed by atoms with Gasteiger partial charge in [-0.1, -0.05) is 24.3 Å². The van der Waals surface area contributed by atoms with Gasteiger partial charge in [-0.2, -0.15) is 0 Å². The van der Waals surface area contributed by atoms with E-state index in [2.05, 4.69) is 47.2 Å². The summed E-state index contributed by atoms with van der Waals surface area (Å²) in [7, 11) is 0. The van der Waals surface area contributed by atoms with Crippen molar-refractivity contribution in [2.45, 2.75) is 20.3 Å². The van der Waals surface area contributed by atoms with Gasteiger partial charge in [-0.25, -0.2) is 9.37 Å². The van der Waals surface area contributed by atoms with Crippen molar-refractivity contribution in [2.75, 3.05) is 16.8 Å². The summed E-state index contributed by atoms with van der Waals surface area (Å²) in [5.41, 5.74) is 3.66. The van der Waals surface area contributed by atoms with Crippen molar-refractivity contribution in [1.82, 2.24) is 4.98 Å². The van der Waals surface area contributed by atoms with Crippen LogP contribution in [0.2, 0.25) is 0 Å². The quantitative estimate of drug-likeness (QED) is 0.680. The van der Waals surface area contributed by atoms with Crippen LogP contribution in [0.5, 0.6) is 0 Å². The van der Waals surface area contributed by atoms with Gasteiger partial charge in [0.15, 0.2) is 0 Å². The first kappa shape index (κ1) is 18.6. The van der Waals surface area contributed by atoms with E-state index in [1.54, 1.807) is 18.3 Å². The third-order valence-electron chi connectivity index (χ3n) is 4.22. The molecule has 0 unspecified atom stereocenters. The van der Waals surface area contributed by atoms with E-state index in [9.17, 15) is 9.18 Å². The molecule has 2 aromatic carbocycles. The van der Waals surface area contributed by atoms with Crippen LogP contribution in [0.25, 0.3) is 0 Å². The van der Waals surface area contributed by atoms with Crippen molar-refractivity contribution >= 4 is 23.1 Å². The zero-order chi connectivity index (χ0) is 19.2. The molecule has 0 fully saturated rings. The summed E-state index contributed by atoms with van der Waals surface area (Å²) < 4.78 is 12.9. The van der Waals surface area contributed by atoms with Crippen molar-refractivity contribution in [3.05, 3.63) is 83.8 Å². The Hall–Kier alpha value is -3.21. The van der Waals surface area contributed by atoms with Crippen LogP contribution in [0.15, 0.2) is 66.9 Å². The van der Waals surface area contributed by atoms with E-state index >= 15 is 0 Å². The number of anilines is 3. The lowest BCUT2D eigenvalue weighted by atomic mass is 10.1. The van der Waals surface area contributed by atoms with Crippen LogP contribution in [0, 0.1) is 12.7 Å². The standard InChI is InChI=1S/C22H22FN3O/c1-3-26(20-6-4-5-16(2)13-20)21-12-11-19(15-24-21)25-22(27)14-17-7-9-18(23)10-8-17/h4-13,15H,3,14H2,1-2H3,(H,25,27). The van der Waals surface area contributed by atoms with E-state index in [0.717, 1.165) is 23.6 Å². The second-order valence-corrected chi connectivity index (χ2v) is 6.34. The number of halogens is 1. The third kappa shape index (κ3) is 4.91. The maximum absolute atomic E-state index is 12.9. The highest BCUT2D eigenvalue weighted by Gasteiger charge is 2.10. The first-order chi connectivity index (χ1) is 13.0. The Morgan fingerprint density at radius 1 is 1.11 bits per heavy atom. The van der Waals surface area contributed by atoms with Gasteiger partial charge in [0.2, 0.25) is 5.91 Å². The van der Waals surface area contributed by atoms with Crippen LogP contribution in [-0.4, -0.2) is 17.4 Å². The van der Waals surface area contributed by atoms with Gasteiger partial charge in [0.05, 0.1) is 18.3 Å². The average Bonchev–Trinajstić information content (AvgIpc) is 2.66. The Kier molecular flexibility index (Phi) is 5.81. The van der Waals surface area contributed by atoms with E-state index in [0.29, 0.717) is 5.69 Å². The molecule has 3 aromatic rings. The number of rotatable bonds is 6. The molecule has 0 radical (unpaired) electrons. The largest absolute Gasteiger partial charge is 0.327 e. The molecule has 4 nitrogen and oxygen atoms in total. The van der Waals surface area contributed by atoms with Crippen molar-refractivity contribution in [2.24, 2.45) is 0 Å². The molecular weight excluding hydrogens is 341 g/mol. The SMILES string of the molecule is CCN(c1cccc(C)c1)c1ccc(NC(=O)Cc2ccc(F)cc2)cn1. The van der Waals surface area contributed by atoms with E-state index in [-0.39, 0.29) is 18.1 Å².